The average Bonchev–Trinajstić information content (AvgIpc) is 2.47. The molecule has 6 nitrogen and oxygen atoms in total. The second kappa shape index (κ2) is 4.87. The first-order valence-corrected chi connectivity index (χ1v) is 5.44. The smallest absolute Gasteiger partial charge is 0.328 e. The highest BCUT2D eigenvalue weighted by atomic mass is 16.4. The number of fused-ring (bicyclic) bond motifs is 1. The first-order valence-electron chi connectivity index (χ1n) is 5.44. The molecule has 0 aromatic carbocycles. The Morgan fingerprint density at radius 2 is 2.39 bits per heavy atom. The molecule has 1 amide bonds. The SMILES string of the molecule is CN1Cc2cc(/C=C/C(=O)O)cnc2NCC1=O. The molecule has 1 aliphatic heterocycles. The standard InChI is InChI=1S/C12H13N3O3/c1-15-7-9-4-8(2-3-11(17)18)5-13-12(9)14-6-10(15)16/h2-5H,6-7H2,1H3,(H,13,14)(H,17,18)/b3-2+. The van der Waals surface area contributed by atoms with Crippen molar-refractivity contribution in [2.75, 3.05) is 18.9 Å². The van der Waals surface area contributed by atoms with Crippen LogP contribution in [0.2, 0.25) is 0 Å². The van der Waals surface area contributed by atoms with E-state index in [9.17, 15) is 9.59 Å². The molecule has 0 atom stereocenters. The van der Waals surface area contributed by atoms with Crippen LogP contribution in [0.1, 0.15) is 11.1 Å². The molecule has 0 aliphatic carbocycles. The van der Waals surface area contributed by atoms with Crippen molar-refractivity contribution in [3.63, 3.8) is 0 Å². The maximum Gasteiger partial charge on any atom is 0.328 e. The molecule has 1 aliphatic rings. The van der Waals surface area contributed by atoms with E-state index in [-0.39, 0.29) is 12.5 Å². The molecule has 0 radical (unpaired) electrons. The summed E-state index contributed by atoms with van der Waals surface area (Å²) in [5, 5.41) is 11.5. The zero-order chi connectivity index (χ0) is 13.1. The Morgan fingerprint density at radius 3 is 3.11 bits per heavy atom. The Bertz CT molecular complexity index is 525. The number of carboxylic acid groups (broad SMARTS) is 1. The van der Waals surface area contributed by atoms with Crippen molar-refractivity contribution in [2.45, 2.75) is 6.54 Å². The first kappa shape index (κ1) is 12.1. The third kappa shape index (κ3) is 2.65. The lowest BCUT2D eigenvalue weighted by atomic mass is 10.1. The number of carboxylic acids is 1. The summed E-state index contributed by atoms with van der Waals surface area (Å²) in [6.07, 6.45) is 4.10. The van der Waals surface area contributed by atoms with E-state index in [0.29, 0.717) is 17.9 Å². The fourth-order valence-corrected chi connectivity index (χ4v) is 1.71. The van der Waals surface area contributed by atoms with Crippen LogP contribution >= 0.6 is 0 Å². The molecular formula is C12H13N3O3. The molecule has 0 spiro atoms. The van der Waals surface area contributed by atoms with Crippen LogP contribution in [0.15, 0.2) is 18.3 Å². The van der Waals surface area contributed by atoms with Crippen molar-refractivity contribution >= 4 is 23.8 Å². The minimum absolute atomic E-state index is 0.00405. The maximum absolute atomic E-state index is 11.5. The van der Waals surface area contributed by atoms with Crippen LogP contribution in [0.3, 0.4) is 0 Å². The van der Waals surface area contributed by atoms with Crippen molar-refractivity contribution in [2.24, 2.45) is 0 Å². The summed E-state index contributed by atoms with van der Waals surface area (Å²) < 4.78 is 0. The van der Waals surface area contributed by atoms with Gasteiger partial charge in [-0.3, -0.25) is 4.79 Å². The second-order valence-corrected chi connectivity index (χ2v) is 4.05. The van der Waals surface area contributed by atoms with E-state index in [1.165, 1.54) is 6.08 Å². The number of nitrogens with zero attached hydrogens (tertiary/aromatic N) is 2. The minimum Gasteiger partial charge on any atom is -0.478 e. The zero-order valence-electron chi connectivity index (χ0n) is 9.88. The van der Waals surface area contributed by atoms with Crippen molar-refractivity contribution in [3.8, 4) is 0 Å². The molecule has 6 heteroatoms. The lowest BCUT2D eigenvalue weighted by Gasteiger charge is -2.13. The van der Waals surface area contributed by atoms with Crippen LogP contribution in [-0.4, -0.2) is 40.5 Å². The summed E-state index contributed by atoms with van der Waals surface area (Å²) in [7, 11) is 1.72. The van der Waals surface area contributed by atoms with Crippen LogP contribution in [0.25, 0.3) is 6.08 Å². The van der Waals surface area contributed by atoms with Gasteiger partial charge in [0, 0.05) is 31.4 Å². The predicted octanol–water partition coefficient (Wildman–Crippen LogP) is 0.563. The molecular weight excluding hydrogens is 234 g/mol. The van der Waals surface area contributed by atoms with Gasteiger partial charge in [0.1, 0.15) is 5.82 Å². The lowest BCUT2D eigenvalue weighted by Crippen LogP contribution is -2.28. The van der Waals surface area contributed by atoms with Gasteiger partial charge in [-0.1, -0.05) is 0 Å². The Balaban J connectivity index is 2.29. The highest BCUT2D eigenvalue weighted by Crippen LogP contribution is 2.19. The lowest BCUT2D eigenvalue weighted by molar-refractivity contribution is -0.131. The number of hydrogen-bond donors (Lipinski definition) is 2. The Kier molecular flexibility index (Phi) is 3.27. The van der Waals surface area contributed by atoms with Gasteiger partial charge in [0.25, 0.3) is 0 Å². The fourth-order valence-electron chi connectivity index (χ4n) is 1.71. The van der Waals surface area contributed by atoms with E-state index in [1.54, 1.807) is 18.1 Å². The average molecular weight is 247 g/mol. The molecule has 2 N–H and O–H groups in total. The van der Waals surface area contributed by atoms with Crippen molar-refractivity contribution in [1.29, 1.82) is 0 Å². The third-order valence-electron chi connectivity index (χ3n) is 2.65. The minimum atomic E-state index is -1.00. The Labute approximate surface area is 104 Å². The van der Waals surface area contributed by atoms with Crippen LogP contribution in [-0.2, 0) is 16.1 Å². The quantitative estimate of drug-likeness (QED) is 0.746. The van der Waals surface area contributed by atoms with Gasteiger partial charge in [-0.2, -0.15) is 0 Å². The molecule has 2 rings (SSSR count). The molecule has 0 fully saturated rings. The highest BCUT2D eigenvalue weighted by Gasteiger charge is 2.17. The topological polar surface area (TPSA) is 82.5 Å². The number of pyridine rings is 1. The molecule has 1 aromatic rings. The summed E-state index contributed by atoms with van der Waals surface area (Å²) in [5.41, 5.74) is 1.57. The Hall–Kier alpha value is -2.37. The molecule has 2 heterocycles. The summed E-state index contributed by atoms with van der Waals surface area (Å²) in [4.78, 5) is 27.8. The van der Waals surface area contributed by atoms with E-state index in [1.807, 2.05) is 6.07 Å². The molecule has 1 aromatic heterocycles. The summed E-state index contributed by atoms with van der Waals surface area (Å²) in [6.45, 7) is 0.684. The molecule has 0 unspecified atom stereocenters. The van der Waals surface area contributed by atoms with Gasteiger partial charge in [-0.25, -0.2) is 9.78 Å². The van der Waals surface area contributed by atoms with E-state index in [2.05, 4.69) is 10.3 Å². The van der Waals surface area contributed by atoms with Gasteiger partial charge in [-0.05, 0) is 17.7 Å². The van der Waals surface area contributed by atoms with Gasteiger partial charge in [0.2, 0.25) is 5.91 Å². The number of carbonyl (C=O) groups excluding carboxylic acids is 1. The van der Waals surface area contributed by atoms with Crippen LogP contribution in [0, 0.1) is 0 Å². The summed E-state index contributed by atoms with van der Waals surface area (Å²) in [5.74, 6) is -0.342. The van der Waals surface area contributed by atoms with Crippen LogP contribution in [0.5, 0.6) is 0 Å². The molecule has 0 saturated heterocycles. The number of nitrogens with one attached hydrogen (secondary N) is 1. The number of carbonyl (C=O) groups is 2. The van der Waals surface area contributed by atoms with Crippen LogP contribution < -0.4 is 5.32 Å². The largest absolute Gasteiger partial charge is 0.478 e. The first-order chi connectivity index (χ1) is 8.56. The van der Waals surface area contributed by atoms with E-state index >= 15 is 0 Å². The fraction of sp³-hybridized carbons (Fsp3) is 0.250. The van der Waals surface area contributed by atoms with E-state index in [4.69, 9.17) is 5.11 Å². The molecule has 94 valence electrons. The highest BCUT2D eigenvalue weighted by molar-refractivity contribution is 5.85. The number of likely N-dealkylation sites (N-methyl/N-ethyl adjacent to an activating group) is 1. The number of aromatic nitrogens is 1. The monoisotopic (exact) mass is 247 g/mol. The Morgan fingerprint density at radius 1 is 1.61 bits per heavy atom. The predicted molar refractivity (Wildman–Crippen MR) is 65.9 cm³/mol. The van der Waals surface area contributed by atoms with Gasteiger partial charge < -0.3 is 15.3 Å². The maximum atomic E-state index is 11.5. The number of aliphatic carboxylic acids is 1. The normalized spacial score (nSPS) is 15.2. The van der Waals surface area contributed by atoms with E-state index in [0.717, 1.165) is 11.6 Å². The molecule has 0 bridgehead atoms. The van der Waals surface area contributed by atoms with E-state index < -0.39 is 5.97 Å². The van der Waals surface area contributed by atoms with Gasteiger partial charge >= 0.3 is 5.97 Å². The summed E-state index contributed by atoms with van der Waals surface area (Å²) in [6, 6.07) is 1.82. The molecule has 0 saturated carbocycles. The molecule has 18 heavy (non-hydrogen) atoms. The van der Waals surface area contributed by atoms with Gasteiger partial charge in [0.05, 0.1) is 6.54 Å². The van der Waals surface area contributed by atoms with Crippen molar-refractivity contribution < 1.29 is 14.7 Å². The van der Waals surface area contributed by atoms with Gasteiger partial charge in [-0.15, -0.1) is 0 Å². The van der Waals surface area contributed by atoms with Crippen molar-refractivity contribution in [3.05, 3.63) is 29.5 Å². The van der Waals surface area contributed by atoms with Crippen LogP contribution in [0.4, 0.5) is 5.82 Å². The number of rotatable bonds is 2. The second-order valence-electron chi connectivity index (χ2n) is 4.05. The number of hydrogen-bond acceptors (Lipinski definition) is 4. The summed E-state index contributed by atoms with van der Waals surface area (Å²) >= 11 is 0. The van der Waals surface area contributed by atoms with Crippen molar-refractivity contribution in [1.82, 2.24) is 9.88 Å². The number of anilines is 1. The zero-order valence-corrected chi connectivity index (χ0v) is 9.88. The number of amides is 1. The third-order valence-corrected chi connectivity index (χ3v) is 2.65. The van der Waals surface area contributed by atoms with Gasteiger partial charge in [0.15, 0.2) is 0 Å².